The Kier molecular flexibility index (Phi) is 5.68. The van der Waals surface area contributed by atoms with Gasteiger partial charge < -0.3 is 20.6 Å². The SMILES string of the molecule is CC(CO)C(C)(O)C(=O)NCCCO. The van der Waals surface area contributed by atoms with Crippen LogP contribution in [-0.2, 0) is 4.79 Å². The first-order valence-corrected chi connectivity index (χ1v) is 4.69. The van der Waals surface area contributed by atoms with Gasteiger partial charge >= 0.3 is 0 Å². The van der Waals surface area contributed by atoms with Crippen LogP contribution in [0.2, 0.25) is 0 Å². The molecule has 0 aromatic rings. The van der Waals surface area contributed by atoms with Gasteiger partial charge in [0, 0.05) is 25.7 Å². The quantitative estimate of drug-likeness (QED) is 0.413. The van der Waals surface area contributed by atoms with Crippen molar-refractivity contribution in [3.63, 3.8) is 0 Å². The summed E-state index contributed by atoms with van der Waals surface area (Å²) < 4.78 is 0. The van der Waals surface area contributed by atoms with E-state index in [-0.39, 0.29) is 13.2 Å². The lowest BCUT2D eigenvalue weighted by molar-refractivity contribution is -0.144. The van der Waals surface area contributed by atoms with Gasteiger partial charge in [0.05, 0.1) is 0 Å². The maximum Gasteiger partial charge on any atom is 0.252 e. The summed E-state index contributed by atoms with van der Waals surface area (Å²) in [6, 6.07) is 0. The van der Waals surface area contributed by atoms with Crippen molar-refractivity contribution >= 4 is 5.91 Å². The van der Waals surface area contributed by atoms with Crippen molar-refractivity contribution in [3.05, 3.63) is 0 Å². The molecule has 0 aromatic carbocycles. The van der Waals surface area contributed by atoms with E-state index in [2.05, 4.69) is 5.32 Å². The van der Waals surface area contributed by atoms with Gasteiger partial charge in [-0.25, -0.2) is 0 Å². The predicted molar refractivity (Wildman–Crippen MR) is 51.6 cm³/mol. The average Bonchev–Trinajstić information content (AvgIpc) is 2.16. The first-order chi connectivity index (χ1) is 6.46. The topological polar surface area (TPSA) is 89.8 Å². The Morgan fingerprint density at radius 3 is 2.50 bits per heavy atom. The second-order valence-corrected chi connectivity index (χ2v) is 3.56. The van der Waals surface area contributed by atoms with E-state index in [0.29, 0.717) is 13.0 Å². The molecule has 4 N–H and O–H groups in total. The second-order valence-electron chi connectivity index (χ2n) is 3.56. The van der Waals surface area contributed by atoms with Gasteiger partial charge in [-0.15, -0.1) is 0 Å². The van der Waals surface area contributed by atoms with E-state index in [1.807, 2.05) is 0 Å². The summed E-state index contributed by atoms with van der Waals surface area (Å²) in [4.78, 5) is 11.4. The zero-order valence-electron chi connectivity index (χ0n) is 8.66. The highest BCUT2D eigenvalue weighted by molar-refractivity contribution is 5.84. The number of amides is 1. The predicted octanol–water partition coefficient (Wildman–Crippen LogP) is -1.14. The van der Waals surface area contributed by atoms with Gasteiger partial charge in [0.1, 0.15) is 5.60 Å². The van der Waals surface area contributed by atoms with Crippen LogP contribution in [0.1, 0.15) is 20.3 Å². The number of carbonyl (C=O) groups is 1. The van der Waals surface area contributed by atoms with E-state index in [4.69, 9.17) is 10.2 Å². The number of aliphatic hydroxyl groups excluding tert-OH is 2. The standard InChI is InChI=1S/C9H19NO4/c1-7(6-12)9(2,14)8(13)10-4-3-5-11/h7,11-12,14H,3-6H2,1-2H3,(H,10,13). The Labute approximate surface area is 83.8 Å². The van der Waals surface area contributed by atoms with Crippen LogP contribution in [0.4, 0.5) is 0 Å². The zero-order valence-corrected chi connectivity index (χ0v) is 8.66. The Bertz CT molecular complexity index is 182. The lowest BCUT2D eigenvalue weighted by atomic mass is 9.90. The molecule has 0 heterocycles. The molecule has 0 aliphatic carbocycles. The molecule has 0 aliphatic rings. The monoisotopic (exact) mass is 205 g/mol. The summed E-state index contributed by atoms with van der Waals surface area (Å²) in [7, 11) is 0. The van der Waals surface area contributed by atoms with Gasteiger partial charge in [0.25, 0.3) is 5.91 Å². The van der Waals surface area contributed by atoms with Crippen LogP contribution < -0.4 is 5.32 Å². The van der Waals surface area contributed by atoms with Gasteiger partial charge in [-0.2, -0.15) is 0 Å². The Balaban J connectivity index is 4.07. The molecule has 84 valence electrons. The number of rotatable bonds is 6. The Morgan fingerprint density at radius 1 is 1.50 bits per heavy atom. The van der Waals surface area contributed by atoms with Crippen LogP contribution in [0.15, 0.2) is 0 Å². The summed E-state index contributed by atoms with van der Waals surface area (Å²) >= 11 is 0. The Hall–Kier alpha value is -0.650. The summed E-state index contributed by atoms with van der Waals surface area (Å²) in [6.45, 7) is 3.02. The molecule has 5 nitrogen and oxygen atoms in total. The minimum atomic E-state index is -1.57. The fourth-order valence-corrected chi connectivity index (χ4v) is 0.861. The molecule has 0 aromatic heterocycles. The third kappa shape index (κ3) is 3.61. The molecule has 0 spiro atoms. The van der Waals surface area contributed by atoms with E-state index >= 15 is 0 Å². The normalized spacial score (nSPS) is 17.2. The third-order valence-corrected chi connectivity index (χ3v) is 2.31. The average molecular weight is 205 g/mol. The zero-order chi connectivity index (χ0) is 11.2. The van der Waals surface area contributed by atoms with Crippen LogP contribution in [0.5, 0.6) is 0 Å². The molecule has 0 aliphatic heterocycles. The van der Waals surface area contributed by atoms with Gasteiger partial charge in [0.2, 0.25) is 0 Å². The van der Waals surface area contributed by atoms with Crippen molar-refractivity contribution in [2.75, 3.05) is 19.8 Å². The van der Waals surface area contributed by atoms with Crippen molar-refractivity contribution in [2.45, 2.75) is 25.9 Å². The maximum atomic E-state index is 11.4. The van der Waals surface area contributed by atoms with Gasteiger partial charge in [0.15, 0.2) is 0 Å². The number of carbonyl (C=O) groups excluding carboxylic acids is 1. The summed E-state index contributed by atoms with van der Waals surface area (Å²) in [5, 5.41) is 29.5. The molecule has 2 unspecified atom stereocenters. The van der Waals surface area contributed by atoms with Crippen LogP contribution >= 0.6 is 0 Å². The minimum absolute atomic E-state index is 0.00201. The molecule has 1 amide bonds. The van der Waals surface area contributed by atoms with Crippen molar-refractivity contribution in [2.24, 2.45) is 5.92 Å². The fraction of sp³-hybridized carbons (Fsp3) is 0.889. The van der Waals surface area contributed by atoms with E-state index < -0.39 is 17.4 Å². The van der Waals surface area contributed by atoms with Crippen molar-refractivity contribution < 1.29 is 20.1 Å². The first kappa shape index (κ1) is 13.4. The molecule has 0 bridgehead atoms. The van der Waals surface area contributed by atoms with Crippen molar-refractivity contribution in [1.29, 1.82) is 0 Å². The molecule has 0 saturated heterocycles. The largest absolute Gasteiger partial charge is 0.396 e. The van der Waals surface area contributed by atoms with Gasteiger partial charge in [-0.05, 0) is 13.3 Å². The van der Waals surface area contributed by atoms with Gasteiger partial charge in [-0.3, -0.25) is 4.79 Å². The van der Waals surface area contributed by atoms with E-state index in [1.54, 1.807) is 6.92 Å². The molecule has 0 saturated carbocycles. The van der Waals surface area contributed by atoms with E-state index in [9.17, 15) is 9.90 Å². The molecular weight excluding hydrogens is 186 g/mol. The first-order valence-electron chi connectivity index (χ1n) is 4.69. The Morgan fingerprint density at radius 2 is 2.07 bits per heavy atom. The molecule has 0 fully saturated rings. The van der Waals surface area contributed by atoms with Crippen LogP contribution in [-0.4, -0.2) is 46.6 Å². The molecule has 0 rings (SSSR count). The molecule has 0 radical (unpaired) electrons. The van der Waals surface area contributed by atoms with Gasteiger partial charge in [-0.1, -0.05) is 6.92 Å². The van der Waals surface area contributed by atoms with E-state index in [1.165, 1.54) is 6.92 Å². The second kappa shape index (κ2) is 5.95. The smallest absolute Gasteiger partial charge is 0.252 e. The number of hydrogen-bond donors (Lipinski definition) is 4. The van der Waals surface area contributed by atoms with Crippen molar-refractivity contribution in [1.82, 2.24) is 5.32 Å². The number of aliphatic hydroxyl groups is 3. The lowest BCUT2D eigenvalue weighted by Crippen LogP contribution is -2.50. The fourth-order valence-electron chi connectivity index (χ4n) is 0.861. The third-order valence-electron chi connectivity index (χ3n) is 2.31. The maximum absolute atomic E-state index is 11.4. The molecule has 14 heavy (non-hydrogen) atoms. The van der Waals surface area contributed by atoms with Crippen LogP contribution in [0.25, 0.3) is 0 Å². The highest BCUT2D eigenvalue weighted by Gasteiger charge is 2.35. The van der Waals surface area contributed by atoms with E-state index in [0.717, 1.165) is 0 Å². The number of hydrogen-bond acceptors (Lipinski definition) is 4. The minimum Gasteiger partial charge on any atom is -0.396 e. The summed E-state index contributed by atoms with van der Waals surface area (Å²) in [5.74, 6) is -1.04. The van der Waals surface area contributed by atoms with Crippen LogP contribution in [0, 0.1) is 5.92 Å². The van der Waals surface area contributed by atoms with Crippen LogP contribution in [0.3, 0.4) is 0 Å². The summed E-state index contributed by atoms with van der Waals surface area (Å²) in [5.41, 5.74) is -1.57. The molecular formula is C9H19NO4. The number of nitrogens with one attached hydrogen (secondary N) is 1. The molecule has 2 atom stereocenters. The van der Waals surface area contributed by atoms with Crippen molar-refractivity contribution in [3.8, 4) is 0 Å². The molecule has 5 heteroatoms. The highest BCUT2D eigenvalue weighted by Crippen LogP contribution is 2.15. The highest BCUT2D eigenvalue weighted by atomic mass is 16.3. The lowest BCUT2D eigenvalue weighted by Gasteiger charge is -2.27. The summed E-state index contributed by atoms with van der Waals surface area (Å²) in [6.07, 6.45) is 0.454.